The van der Waals surface area contributed by atoms with Crippen LogP contribution in [0.5, 0.6) is 0 Å². The fraction of sp³-hybridized carbons (Fsp3) is 0.300. The van der Waals surface area contributed by atoms with E-state index in [2.05, 4.69) is 20.0 Å². The number of rotatable bonds is 3. The number of hydrogen-bond acceptors (Lipinski definition) is 5. The fourth-order valence-electron chi connectivity index (χ4n) is 3.31. The number of anilines is 1. The number of benzene rings is 1. The lowest BCUT2D eigenvalue weighted by Crippen LogP contribution is -2.39. The Hall–Kier alpha value is -3.02. The minimum absolute atomic E-state index is 0.0466. The molecule has 1 aromatic carbocycles. The quantitative estimate of drug-likeness (QED) is 0.729. The maximum Gasteiger partial charge on any atom is 0.267 e. The van der Waals surface area contributed by atoms with Crippen LogP contribution in [0.4, 0.5) is 5.95 Å². The summed E-state index contributed by atoms with van der Waals surface area (Å²) in [6.45, 7) is 3.61. The molecule has 1 aliphatic rings. The van der Waals surface area contributed by atoms with Crippen molar-refractivity contribution in [2.45, 2.75) is 25.8 Å². The summed E-state index contributed by atoms with van der Waals surface area (Å²) in [6, 6.07) is 13.5. The van der Waals surface area contributed by atoms with E-state index >= 15 is 0 Å². The molecule has 132 valence electrons. The van der Waals surface area contributed by atoms with E-state index in [0.717, 1.165) is 48.7 Å². The van der Waals surface area contributed by atoms with E-state index in [1.165, 1.54) is 0 Å². The lowest BCUT2D eigenvalue weighted by atomic mass is 10.1. The summed E-state index contributed by atoms with van der Waals surface area (Å²) in [7, 11) is 0. The van der Waals surface area contributed by atoms with Gasteiger partial charge in [-0.05, 0) is 31.4 Å². The topological polar surface area (TPSA) is 63.9 Å². The van der Waals surface area contributed by atoms with Gasteiger partial charge in [0.25, 0.3) is 5.56 Å². The molecule has 6 nitrogen and oxygen atoms in total. The van der Waals surface area contributed by atoms with Crippen molar-refractivity contribution < 1.29 is 0 Å². The van der Waals surface area contributed by atoms with E-state index in [-0.39, 0.29) is 11.6 Å². The summed E-state index contributed by atoms with van der Waals surface area (Å²) in [6.07, 6.45) is 5.37. The van der Waals surface area contributed by atoms with E-state index in [1.807, 2.05) is 49.6 Å². The summed E-state index contributed by atoms with van der Waals surface area (Å²) in [5, 5.41) is 4.63. The Morgan fingerprint density at radius 1 is 0.962 bits per heavy atom. The zero-order chi connectivity index (χ0) is 17.9. The monoisotopic (exact) mass is 347 g/mol. The van der Waals surface area contributed by atoms with Gasteiger partial charge in [-0.25, -0.2) is 14.6 Å². The van der Waals surface area contributed by atoms with Crippen LogP contribution < -0.4 is 10.5 Å². The highest BCUT2D eigenvalue weighted by atomic mass is 16.1. The van der Waals surface area contributed by atoms with Gasteiger partial charge in [0.2, 0.25) is 5.95 Å². The molecule has 0 bridgehead atoms. The van der Waals surface area contributed by atoms with Crippen LogP contribution in [0, 0.1) is 6.92 Å². The molecule has 1 saturated heterocycles. The molecule has 26 heavy (non-hydrogen) atoms. The smallest absolute Gasteiger partial charge is 0.267 e. The minimum atomic E-state index is -0.0466. The van der Waals surface area contributed by atoms with Crippen LogP contribution in [-0.4, -0.2) is 32.8 Å². The molecule has 1 fully saturated rings. The number of aromatic nitrogens is 4. The van der Waals surface area contributed by atoms with Gasteiger partial charge in [0.1, 0.15) is 0 Å². The third-order valence-corrected chi connectivity index (χ3v) is 4.76. The molecule has 4 rings (SSSR count). The minimum Gasteiger partial charge on any atom is -0.341 e. The zero-order valence-electron chi connectivity index (χ0n) is 14.7. The van der Waals surface area contributed by atoms with Gasteiger partial charge in [0.15, 0.2) is 0 Å². The Balaban J connectivity index is 1.52. The van der Waals surface area contributed by atoms with Gasteiger partial charge < -0.3 is 4.90 Å². The predicted octanol–water partition coefficient (Wildman–Crippen LogP) is 2.85. The lowest BCUT2D eigenvalue weighted by Gasteiger charge is -2.32. The van der Waals surface area contributed by atoms with Gasteiger partial charge in [-0.2, -0.15) is 5.10 Å². The molecule has 0 spiro atoms. The second-order valence-corrected chi connectivity index (χ2v) is 6.65. The average molecular weight is 347 g/mol. The van der Waals surface area contributed by atoms with Crippen LogP contribution in [0.25, 0.3) is 11.3 Å². The number of hydrogen-bond donors (Lipinski definition) is 0. The zero-order valence-corrected chi connectivity index (χ0v) is 14.7. The molecular formula is C20H21N5O. The van der Waals surface area contributed by atoms with Crippen LogP contribution >= 0.6 is 0 Å². The Bertz CT molecular complexity index is 928. The van der Waals surface area contributed by atoms with Gasteiger partial charge in [0.05, 0.1) is 11.7 Å². The summed E-state index contributed by atoms with van der Waals surface area (Å²) in [4.78, 5) is 23.3. The molecule has 0 radical (unpaired) electrons. The third kappa shape index (κ3) is 3.35. The fourth-order valence-corrected chi connectivity index (χ4v) is 3.31. The first-order valence-electron chi connectivity index (χ1n) is 8.89. The van der Waals surface area contributed by atoms with Crippen molar-refractivity contribution in [2.24, 2.45) is 0 Å². The van der Waals surface area contributed by atoms with Crippen molar-refractivity contribution in [3.63, 3.8) is 0 Å². The van der Waals surface area contributed by atoms with Crippen molar-refractivity contribution in [1.82, 2.24) is 19.7 Å². The SMILES string of the molecule is Cc1cnc(N2CCC(n3nc(-c4ccccc4)ccc3=O)CC2)nc1. The highest BCUT2D eigenvalue weighted by Crippen LogP contribution is 2.24. The molecule has 0 unspecified atom stereocenters. The van der Waals surface area contributed by atoms with Crippen molar-refractivity contribution in [1.29, 1.82) is 0 Å². The molecule has 0 amide bonds. The average Bonchev–Trinajstić information content (AvgIpc) is 2.70. The summed E-state index contributed by atoms with van der Waals surface area (Å²) in [5.74, 6) is 0.757. The standard InChI is InChI=1S/C20H21N5O/c1-15-13-21-20(22-14-15)24-11-9-17(10-12-24)25-19(26)8-7-18(23-25)16-5-3-2-4-6-16/h2-8,13-14,17H,9-12H2,1H3. The summed E-state index contributed by atoms with van der Waals surface area (Å²) >= 11 is 0. The van der Waals surface area contributed by atoms with Crippen LogP contribution in [0.2, 0.25) is 0 Å². The maximum atomic E-state index is 12.4. The van der Waals surface area contributed by atoms with Crippen molar-refractivity contribution in [2.75, 3.05) is 18.0 Å². The lowest BCUT2D eigenvalue weighted by molar-refractivity contribution is 0.352. The molecule has 0 aliphatic carbocycles. The van der Waals surface area contributed by atoms with Crippen LogP contribution in [-0.2, 0) is 0 Å². The molecule has 0 saturated carbocycles. The largest absolute Gasteiger partial charge is 0.341 e. The molecular weight excluding hydrogens is 326 g/mol. The molecule has 3 heterocycles. The highest BCUT2D eigenvalue weighted by Gasteiger charge is 2.23. The van der Waals surface area contributed by atoms with Crippen LogP contribution in [0.3, 0.4) is 0 Å². The second kappa shape index (κ2) is 7.07. The molecule has 3 aromatic rings. The van der Waals surface area contributed by atoms with Crippen molar-refractivity contribution in [3.8, 4) is 11.3 Å². The van der Waals surface area contributed by atoms with Gasteiger partial charge >= 0.3 is 0 Å². The summed E-state index contributed by atoms with van der Waals surface area (Å²) in [5.41, 5.74) is 2.85. The third-order valence-electron chi connectivity index (χ3n) is 4.76. The Kier molecular flexibility index (Phi) is 4.48. The Morgan fingerprint density at radius 3 is 2.35 bits per heavy atom. The molecule has 0 atom stereocenters. The number of aryl methyl sites for hydroxylation is 1. The van der Waals surface area contributed by atoms with E-state index in [0.29, 0.717) is 0 Å². The first-order chi connectivity index (χ1) is 12.7. The van der Waals surface area contributed by atoms with Gasteiger partial charge in [-0.3, -0.25) is 4.79 Å². The first kappa shape index (κ1) is 16.4. The van der Waals surface area contributed by atoms with Crippen LogP contribution in [0.1, 0.15) is 24.4 Å². The second-order valence-electron chi connectivity index (χ2n) is 6.65. The Labute approximate surface area is 152 Å². The molecule has 2 aromatic heterocycles. The van der Waals surface area contributed by atoms with E-state index in [1.54, 1.807) is 16.8 Å². The number of nitrogens with zero attached hydrogens (tertiary/aromatic N) is 5. The molecule has 6 heteroatoms. The van der Waals surface area contributed by atoms with Crippen molar-refractivity contribution >= 4 is 5.95 Å². The summed E-state index contributed by atoms with van der Waals surface area (Å²) < 4.78 is 1.65. The van der Waals surface area contributed by atoms with Gasteiger partial charge in [-0.1, -0.05) is 30.3 Å². The van der Waals surface area contributed by atoms with Crippen molar-refractivity contribution in [3.05, 3.63) is 70.8 Å². The highest BCUT2D eigenvalue weighted by molar-refractivity contribution is 5.57. The number of piperidine rings is 1. The van der Waals surface area contributed by atoms with E-state index in [9.17, 15) is 4.79 Å². The van der Waals surface area contributed by atoms with E-state index < -0.39 is 0 Å². The first-order valence-corrected chi connectivity index (χ1v) is 8.89. The van der Waals surface area contributed by atoms with E-state index in [4.69, 9.17) is 0 Å². The predicted molar refractivity (Wildman–Crippen MR) is 101 cm³/mol. The Morgan fingerprint density at radius 2 is 1.65 bits per heavy atom. The van der Waals surface area contributed by atoms with Gasteiger partial charge in [0, 0.05) is 37.1 Å². The van der Waals surface area contributed by atoms with Gasteiger partial charge in [-0.15, -0.1) is 0 Å². The molecule has 0 N–H and O–H groups in total. The normalized spacial score (nSPS) is 15.2. The maximum absolute atomic E-state index is 12.4. The van der Waals surface area contributed by atoms with Crippen LogP contribution in [0.15, 0.2) is 59.7 Å². The molecule has 1 aliphatic heterocycles.